The summed E-state index contributed by atoms with van der Waals surface area (Å²) in [5, 5.41) is 7.19. The Labute approximate surface area is 159 Å². The first-order chi connectivity index (χ1) is 13.1. The first kappa shape index (κ1) is 18.5. The van der Waals surface area contributed by atoms with E-state index in [1.807, 2.05) is 72.4 Å². The van der Waals surface area contributed by atoms with Gasteiger partial charge in [-0.05, 0) is 36.2 Å². The average molecular weight is 364 g/mol. The molecule has 2 amide bonds. The van der Waals surface area contributed by atoms with Crippen LogP contribution in [0.25, 0.3) is 0 Å². The third kappa shape index (κ3) is 5.10. The van der Waals surface area contributed by atoms with Gasteiger partial charge in [-0.25, -0.2) is 4.79 Å². The SMILES string of the molecule is Cc1ccccc1OCCN(C)C(=O)Nc1ccccc1Cn1cccn1. The van der Waals surface area contributed by atoms with Crippen molar-refractivity contribution in [2.45, 2.75) is 13.5 Å². The van der Waals surface area contributed by atoms with Crippen LogP contribution < -0.4 is 10.1 Å². The molecule has 0 unspecified atom stereocenters. The van der Waals surface area contributed by atoms with Crippen molar-refractivity contribution in [1.29, 1.82) is 0 Å². The number of urea groups is 1. The van der Waals surface area contributed by atoms with Crippen LogP contribution in [0, 0.1) is 6.92 Å². The highest BCUT2D eigenvalue weighted by atomic mass is 16.5. The number of amides is 2. The molecule has 1 heterocycles. The van der Waals surface area contributed by atoms with Gasteiger partial charge in [0.05, 0.1) is 13.1 Å². The molecule has 0 aliphatic heterocycles. The summed E-state index contributed by atoms with van der Waals surface area (Å²) in [6, 6.07) is 17.3. The summed E-state index contributed by atoms with van der Waals surface area (Å²) >= 11 is 0. The van der Waals surface area contributed by atoms with Crippen LogP contribution in [-0.2, 0) is 6.54 Å². The molecule has 0 aliphatic carbocycles. The van der Waals surface area contributed by atoms with Gasteiger partial charge in [-0.1, -0.05) is 36.4 Å². The van der Waals surface area contributed by atoms with Crippen molar-refractivity contribution in [3.8, 4) is 5.75 Å². The van der Waals surface area contributed by atoms with Gasteiger partial charge in [-0.3, -0.25) is 4.68 Å². The number of likely N-dealkylation sites (N-methyl/N-ethyl adjacent to an activating group) is 1. The first-order valence-electron chi connectivity index (χ1n) is 8.89. The van der Waals surface area contributed by atoms with E-state index in [1.165, 1.54) is 0 Å². The number of aryl methyl sites for hydroxylation is 1. The van der Waals surface area contributed by atoms with E-state index >= 15 is 0 Å². The molecule has 1 aromatic heterocycles. The Morgan fingerprint density at radius 2 is 1.93 bits per heavy atom. The molecule has 0 aliphatic rings. The first-order valence-corrected chi connectivity index (χ1v) is 8.89. The standard InChI is InChI=1S/C21H24N4O2/c1-17-8-3-6-11-20(17)27-15-14-24(2)21(26)23-19-10-5-4-9-18(19)16-25-13-7-12-22-25/h3-13H,14-16H2,1-2H3,(H,23,26). The van der Waals surface area contributed by atoms with E-state index in [0.29, 0.717) is 19.7 Å². The van der Waals surface area contributed by atoms with Crippen LogP contribution in [0.2, 0.25) is 0 Å². The summed E-state index contributed by atoms with van der Waals surface area (Å²) in [6.07, 6.45) is 3.64. The topological polar surface area (TPSA) is 59.4 Å². The lowest BCUT2D eigenvalue weighted by Gasteiger charge is -2.20. The Balaban J connectivity index is 1.54. The van der Waals surface area contributed by atoms with Crippen molar-refractivity contribution in [3.63, 3.8) is 0 Å². The Bertz CT molecular complexity index is 877. The van der Waals surface area contributed by atoms with E-state index < -0.39 is 0 Å². The van der Waals surface area contributed by atoms with Gasteiger partial charge in [0.2, 0.25) is 0 Å². The molecule has 0 radical (unpaired) electrons. The third-order valence-electron chi connectivity index (χ3n) is 4.28. The fraction of sp³-hybridized carbons (Fsp3) is 0.238. The van der Waals surface area contributed by atoms with Crippen molar-refractivity contribution in [3.05, 3.63) is 78.1 Å². The number of anilines is 1. The lowest BCUT2D eigenvalue weighted by molar-refractivity contribution is 0.207. The Hall–Kier alpha value is -3.28. The minimum Gasteiger partial charge on any atom is -0.491 e. The number of aromatic nitrogens is 2. The number of para-hydroxylation sites is 2. The van der Waals surface area contributed by atoms with Crippen molar-refractivity contribution in [2.75, 3.05) is 25.5 Å². The lowest BCUT2D eigenvalue weighted by atomic mass is 10.2. The Morgan fingerprint density at radius 1 is 1.15 bits per heavy atom. The third-order valence-corrected chi connectivity index (χ3v) is 4.28. The second-order valence-electron chi connectivity index (χ2n) is 6.33. The maximum atomic E-state index is 12.5. The predicted octanol–water partition coefficient (Wildman–Crippen LogP) is 3.78. The molecule has 0 bridgehead atoms. The summed E-state index contributed by atoms with van der Waals surface area (Å²) in [4.78, 5) is 14.1. The molecule has 3 rings (SSSR count). The summed E-state index contributed by atoms with van der Waals surface area (Å²) < 4.78 is 7.59. The maximum Gasteiger partial charge on any atom is 0.321 e. The quantitative estimate of drug-likeness (QED) is 0.694. The zero-order valence-electron chi connectivity index (χ0n) is 15.6. The molecular formula is C21H24N4O2. The molecule has 27 heavy (non-hydrogen) atoms. The van der Waals surface area contributed by atoms with Gasteiger partial charge in [0.1, 0.15) is 12.4 Å². The van der Waals surface area contributed by atoms with Crippen LogP contribution in [0.5, 0.6) is 5.75 Å². The molecule has 0 saturated carbocycles. The van der Waals surface area contributed by atoms with Gasteiger partial charge < -0.3 is 15.0 Å². The number of ether oxygens (including phenoxy) is 1. The van der Waals surface area contributed by atoms with Gasteiger partial charge in [0, 0.05) is 25.1 Å². The molecule has 6 nitrogen and oxygen atoms in total. The molecule has 1 N–H and O–H groups in total. The number of hydrogen-bond donors (Lipinski definition) is 1. The van der Waals surface area contributed by atoms with Gasteiger partial charge in [-0.15, -0.1) is 0 Å². The summed E-state index contributed by atoms with van der Waals surface area (Å²) in [5.41, 5.74) is 2.86. The fourth-order valence-corrected chi connectivity index (χ4v) is 2.67. The van der Waals surface area contributed by atoms with Gasteiger partial charge in [0.15, 0.2) is 0 Å². The lowest BCUT2D eigenvalue weighted by Crippen LogP contribution is -2.34. The second kappa shape index (κ2) is 8.89. The van der Waals surface area contributed by atoms with E-state index in [1.54, 1.807) is 18.1 Å². The number of nitrogens with one attached hydrogen (secondary N) is 1. The number of nitrogens with zero attached hydrogens (tertiary/aromatic N) is 3. The Morgan fingerprint density at radius 3 is 2.70 bits per heavy atom. The normalized spacial score (nSPS) is 10.4. The van der Waals surface area contributed by atoms with Crippen molar-refractivity contribution in [1.82, 2.24) is 14.7 Å². The predicted molar refractivity (Wildman–Crippen MR) is 106 cm³/mol. The van der Waals surface area contributed by atoms with Gasteiger partial charge in [0.25, 0.3) is 0 Å². The van der Waals surface area contributed by atoms with Gasteiger partial charge >= 0.3 is 6.03 Å². The smallest absolute Gasteiger partial charge is 0.321 e. The zero-order chi connectivity index (χ0) is 19.1. The maximum absolute atomic E-state index is 12.5. The minimum absolute atomic E-state index is 0.170. The summed E-state index contributed by atoms with van der Waals surface area (Å²) in [7, 11) is 1.76. The number of benzene rings is 2. The zero-order valence-corrected chi connectivity index (χ0v) is 15.6. The van der Waals surface area contributed by atoms with Crippen LogP contribution in [-0.4, -0.2) is 40.9 Å². The monoisotopic (exact) mass is 364 g/mol. The van der Waals surface area contributed by atoms with E-state index in [0.717, 1.165) is 22.6 Å². The molecule has 0 saturated heterocycles. The largest absolute Gasteiger partial charge is 0.491 e. The molecule has 0 atom stereocenters. The van der Waals surface area contributed by atoms with Gasteiger partial charge in [-0.2, -0.15) is 5.10 Å². The number of rotatable bonds is 7. The minimum atomic E-state index is -0.170. The van der Waals surface area contributed by atoms with E-state index in [-0.39, 0.29) is 6.03 Å². The molecule has 6 heteroatoms. The molecule has 0 fully saturated rings. The van der Waals surface area contributed by atoms with E-state index in [2.05, 4.69) is 10.4 Å². The number of carbonyl (C=O) groups excluding carboxylic acids is 1. The van der Waals surface area contributed by atoms with E-state index in [4.69, 9.17) is 4.74 Å². The number of hydrogen-bond acceptors (Lipinski definition) is 3. The van der Waals surface area contributed by atoms with Crippen molar-refractivity contribution >= 4 is 11.7 Å². The molecular weight excluding hydrogens is 340 g/mol. The highest BCUT2D eigenvalue weighted by Crippen LogP contribution is 2.17. The van der Waals surface area contributed by atoms with Crippen LogP contribution in [0.1, 0.15) is 11.1 Å². The fourth-order valence-electron chi connectivity index (χ4n) is 2.67. The van der Waals surface area contributed by atoms with E-state index in [9.17, 15) is 4.79 Å². The molecule has 140 valence electrons. The molecule has 3 aromatic rings. The van der Waals surface area contributed by atoms with Crippen molar-refractivity contribution in [2.24, 2.45) is 0 Å². The highest BCUT2D eigenvalue weighted by Gasteiger charge is 2.12. The molecule has 2 aromatic carbocycles. The highest BCUT2D eigenvalue weighted by molar-refractivity contribution is 5.90. The average Bonchev–Trinajstić information content (AvgIpc) is 3.18. The van der Waals surface area contributed by atoms with Crippen LogP contribution in [0.3, 0.4) is 0 Å². The Kier molecular flexibility index (Phi) is 6.10. The number of carbonyl (C=O) groups is 1. The summed E-state index contributed by atoms with van der Waals surface area (Å²) in [5.74, 6) is 0.843. The van der Waals surface area contributed by atoms with Crippen LogP contribution in [0.4, 0.5) is 10.5 Å². The molecule has 0 spiro atoms. The van der Waals surface area contributed by atoms with Crippen molar-refractivity contribution < 1.29 is 9.53 Å². The second-order valence-corrected chi connectivity index (χ2v) is 6.33. The van der Waals surface area contributed by atoms with Crippen LogP contribution in [0.15, 0.2) is 67.0 Å². The summed E-state index contributed by atoms with van der Waals surface area (Å²) in [6.45, 7) is 3.52. The van der Waals surface area contributed by atoms with Crippen LogP contribution >= 0.6 is 0 Å².